The average Bonchev–Trinajstić information content (AvgIpc) is 2.47. The highest BCUT2D eigenvalue weighted by Crippen LogP contribution is 2.26. The lowest BCUT2D eigenvalue weighted by Gasteiger charge is -2.16. The monoisotopic (exact) mass is 308 g/mol. The number of rotatable bonds is 4. The number of hydrogen-bond acceptors (Lipinski definition) is 3. The van der Waals surface area contributed by atoms with Gasteiger partial charge in [-0.1, -0.05) is 60.7 Å². The van der Waals surface area contributed by atoms with Crippen LogP contribution in [-0.4, -0.2) is 18.1 Å². The Balaban J connectivity index is 2.38. The predicted molar refractivity (Wildman–Crippen MR) is 72.1 cm³/mol. The molecule has 0 aliphatic heterocycles. The zero-order chi connectivity index (χ0) is 16.2. The standard InChI is InChI=1S/C16H11F3O3/c17-16(18,19)22-15(21)13(11-7-3-1-4-8-11)14(20)12-9-5-2-6-10-12/h1-10,13H. The van der Waals surface area contributed by atoms with Gasteiger partial charge in [0.1, 0.15) is 5.92 Å². The number of Topliss-reactive ketones (excluding diaryl/α,β-unsaturated/α-hetero) is 1. The molecule has 22 heavy (non-hydrogen) atoms. The van der Waals surface area contributed by atoms with E-state index >= 15 is 0 Å². The molecule has 0 heterocycles. The maximum absolute atomic E-state index is 12.4. The van der Waals surface area contributed by atoms with Gasteiger partial charge in [-0.05, 0) is 5.56 Å². The average molecular weight is 308 g/mol. The minimum atomic E-state index is -5.14. The molecule has 2 rings (SSSR count). The van der Waals surface area contributed by atoms with E-state index in [0.29, 0.717) is 0 Å². The Kier molecular flexibility index (Phi) is 4.60. The zero-order valence-corrected chi connectivity index (χ0v) is 11.2. The maximum Gasteiger partial charge on any atom is 0.575 e. The van der Waals surface area contributed by atoms with Gasteiger partial charge in [0.15, 0.2) is 5.78 Å². The molecule has 1 unspecified atom stereocenters. The summed E-state index contributed by atoms with van der Waals surface area (Å²) >= 11 is 0. The summed E-state index contributed by atoms with van der Waals surface area (Å²) in [5.41, 5.74) is 0.279. The molecular formula is C16H11F3O3. The number of benzene rings is 2. The second-order valence-corrected chi connectivity index (χ2v) is 4.44. The molecule has 6 heteroatoms. The van der Waals surface area contributed by atoms with E-state index in [1.165, 1.54) is 36.4 Å². The van der Waals surface area contributed by atoms with Gasteiger partial charge in [0, 0.05) is 5.56 Å². The first-order valence-electron chi connectivity index (χ1n) is 6.32. The minimum Gasteiger partial charge on any atom is -0.372 e. The van der Waals surface area contributed by atoms with Crippen molar-refractivity contribution in [3.63, 3.8) is 0 Å². The second-order valence-electron chi connectivity index (χ2n) is 4.44. The quantitative estimate of drug-likeness (QED) is 0.491. The van der Waals surface area contributed by atoms with Gasteiger partial charge in [-0.2, -0.15) is 0 Å². The fourth-order valence-corrected chi connectivity index (χ4v) is 1.98. The summed E-state index contributed by atoms with van der Waals surface area (Å²) in [6.07, 6.45) is -5.14. The topological polar surface area (TPSA) is 43.4 Å². The van der Waals surface area contributed by atoms with E-state index in [0.717, 1.165) is 0 Å². The maximum atomic E-state index is 12.4. The van der Waals surface area contributed by atoms with Gasteiger partial charge in [-0.25, -0.2) is 0 Å². The summed E-state index contributed by atoms with van der Waals surface area (Å²) in [7, 11) is 0. The van der Waals surface area contributed by atoms with E-state index in [1.54, 1.807) is 24.3 Å². The molecule has 0 fully saturated rings. The summed E-state index contributed by atoms with van der Waals surface area (Å²) in [5.74, 6) is -4.06. The van der Waals surface area contributed by atoms with Crippen molar-refractivity contribution < 1.29 is 27.5 Å². The normalized spacial score (nSPS) is 12.5. The van der Waals surface area contributed by atoms with Crippen LogP contribution in [0.25, 0.3) is 0 Å². The van der Waals surface area contributed by atoms with Crippen LogP contribution in [0.5, 0.6) is 0 Å². The third-order valence-corrected chi connectivity index (χ3v) is 2.91. The summed E-state index contributed by atoms with van der Waals surface area (Å²) in [6.45, 7) is 0. The fourth-order valence-electron chi connectivity index (χ4n) is 1.98. The van der Waals surface area contributed by atoms with Crippen LogP contribution in [0.15, 0.2) is 60.7 Å². The van der Waals surface area contributed by atoms with Crippen LogP contribution in [0.1, 0.15) is 21.8 Å². The molecule has 114 valence electrons. The van der Waals surface area contributed by atoms with Crippen LogP contribution in [0.2, 0.25) is 0 Å². The molecule has 0 aliphatic carbocycles. The molecule has 0 N–H and O–H groups in total. The van der Waals surface area contributed by atoms with Gasteiger partial charge in [0.05, 0.1) is 0 Å². The molecule has 0 amide bonds. The van der Waals surface area contributed by atoms with Crippen molar-refractivity contribution in [2.45, 2.75) is 12.3 Å². The van der Waals surface area contributed by atoms with Crippen molar-refractivity contribution in [3.05, 3.63) is 71.8 Å². The minimum absolute atomic E-state index is 0.135. The molecule has 3 nitrogen and oxygen atoms in total. The van der Waals surface area contributed by atoms with E-state index in [1.807, 2.05) is 0 Å². The number of alkyl halides is 3. The Morgan fingerprint density at radius 1 is 0.864 bits per heavy atom. The largest absolute Gasteiger partial charge is 0.575 e. The molecule has 0 aliphatic rings. The van der Waals surface area contributed by atoms with Gasteiger partial charge in [-0.15, -0.1) is 13.2 Å². The van der Waals surface area contributed by atoms with Crippen molar-refractivity contribution >= 4 is 11.8 Å². The molecule has 0 radical (unpaired) electrons. The lowest BCUT2D eigenvalue weighted by molar-refractivity contribution is -0.305. The van der Waals surface area contributed by atoms with Crippen LogP contribution < -0.4 is 0 Å². The first-order valence-corrected chi connectivity index (χ1v) is 6.32. The van der Waals surface area contributed by atoms with E-state index in [4.69, 9.17) is 0 Å². The lowest BCUT2D eigenvalue weighted by atomic mass is 9.91. The van der Waals surface area contributed by atoms with E-state index < -0.39 is 24.0 Å². The number of hydrogen-bond donors (Lipinski definition) is 0. The van der Waals surface area contributed by atoms with Crippen molar-refractivity contribution in [1.29, 1.82) is 0 Å². The van der Waals surface area contributed by atoms with Gasteiger partial charge in [0.2, 0.25) is 0 Å². The van der Waals surface area contributed by atoms with Crippen LogP contribution in [0, 0.1) is 0 Å². The molecule has 2 aromatic carbocycles. The zero-order valence-electron chi connectivity index (χ0n) is 11.2. The van der Waals surface area contributed by atoms with Gasteiger partial charge in [-0.3, -0.25) is 9.59 Å². The van der Waals surface area contributed by atoms with Crippen LogP contribution >= 0.6 is 0 Å². The van der Waals surface area contributed by atoms with Crippen molar-refractivity contribution in [2.24, 2.45) is 0 Å². The number of halogens is 3. The number of carbonyl (C=O) groups excluding carboxylic acids is 2. The van der Waals surface area contributed by atoms with Gasteiger partial charge < -0.3 is 4.74 Å². The summed E-state index contributed by atoms with van der Waals surface area (Å²) < 4.78 is 40.3. The predicted octanol–water partition coefficient (Wildman–Crippen LogP) is 3.72. The molecule has 0 aromatic heterocycles. The van der Waals surface area contributed by atoms with Crippen molar-refractivity contribution in [1.82, 2.24) is 0 Å². The fraction of sp³-hybridized carbons (Fsp3) is 0.125. The Hall–Kier alpha value is -2.63. The Labute approximate surface area is 124 Å². The summed E-state index contributed by atoms with van der Waals surface area (Å²) in [4.78, 5) is 24.2. The smallest absolute Gasteiger partial charge is 0.372 e. The van der Waals surface area contributed by atoms with Gasteiger partial charge >= 0.3 is 12.3 Å². The first-order chi connectivity index (χ1) is 10.4. The number of ether oxygens (including phenoxy) is 1. The second kappa shape index (κ2) is 6.43. The van der Waals surface area contributed by atoms with E-state index in [-0.39, 0.29) is 11.1 Å². The van der Waals surface area contributed by atoms with Crippen LogP contribution in [0.3, 0.4) is 0 Å². The first kappa shape index (κ1) is 15.8. The van der Waals surface area contributed by atoms with Crippen LogP contribution in [-0.2, 0) is 9.53 Å². The Bertz CT molecular complexity index is 651. The lowest BCUT2D eigenvalue weighted by Crippen LogP contribution is -2.29. The molecule has 1 atom stereocenters. The highest BCUT2D eigenvalue weighted by atomic mass is 19.4. The van der Waals surface area contributed by atoms with E-state index in [9.17, 15) is 22.8 Å². The van der Waals surface area contributed by atoms with Crippen molar-refractivity contribution in [2.75, 3.05) is 0 Å². The molecule has 0 saturated heterocycles. The molecule has 0 spiro atoms. The summed E-state index contributed by atoms with van der Waals surface area (Å²) in [6, 6.07) is 15.1. The summed E-state index contributed by atoms with van der Waals surface area (Å²) in [5, 5.41) is 0. The third kappa shape index (κ3) is 3.94. The highest BCUT2D eigenvalue weighted by molar-refractivity contribution is 6.12. The molecule has 2 aromatic rings. The Morgan fingerprint density at radius 2 is 1.36 bits per heavy atom. The molecular weight excluding hydrogens is 297 g/mol. The van der Waals surface area contributed by atoms with Crippen LogP contribution in [0.4, 0.5) is 13.2 Å². The number of esters is 1. The molecule has 0 saturated carbocycles. The number of carbonyl (C=O) groups is 2. The molecule has 0 bridgehead atoms. The SMILES string of the molecule is O=C(OC(F)(F)F)C(C(=O)c1ccccc1)c1ccccc1. The van der Waals surface area contributed by atoms with Gasteiger partial charge in [0.25, 0.3) is 0 Å². The Morgan fingerprint density at radius 3 is 1.86 bits per heavy atom. The van der Waals surface area contributed by atoms with E-state index in [2.05, 4.69) is 4.74 Å². The van der Waals surface area contributed by atoms with Crippen molar-refractivity contribution in [3.8, 4) is 0 Å². The third-order valence-electron chi connectivity index (χ3n) is 2.91. The number of ketones is 1. The highest BCUT2D eigenvalue weighted by Gasteiger charge is 2.40.